The Morgan fingerprint density at radius 3 is 2.62 bits per heavy atom. The summed E-state index contributed by atoms with van der Waals surface area (Å²) in [4.78, 5) is 0. The van der Waals surface area contributed by atoms with Crippen LogP contribution in [-0.4, -0.2) is 31.8 Å². The highest BCUT2D eigenvalue weighted by atomic mass is 16.5. The number of nitrogens with two attached hydrogens (primary N) is 1. The Morgan fingerprint density at radius 2 is 2.00 bits per heavy atom. The number of rotatable bonds is 6. The van der Waals surface area contributed by atoms with Gasteiger partial charge in [0.15, 0.2) is 0 Å². The third-order valence-electron chi connectivity index (χ3n) is 3.98. The highest BCUT2D eigenvalue weighted by molar-refractivity contribution is 4.90. The van der Waals surface area contributed by atoms with Crippen molar-refractivity contribution < 1.29 is 4.74 Å². The minimum Gasteiger partial charge on any atom is -0.381 e. The first kappa shape index (κ1) is 13.9. The van der Waals surface area contributed by atoms with E-state index in [0.717, 1.165) is 51.5 Å². The summed E-state index contributed by atoms with van der Waals surface area (Å²) in [7, 11) is 0. The van der Waals surface area contributed by atoms with Gasteiger partial charge in [-0.3, -0.25) is 0 Å². The van der Waals surface area contributed by atoms with Crippen LogP contribution in [0.25, 0.3) is 0 Å². The van der Waals surface area contributed by atoms with E-state index in [1.165, 1.54) is 12.8 Å². The molecule has 0 bridgehead atoms. The van der Waals surface area contributed by atoms with E-state index in [1.807, 2.05) is 0 Å². The molecule has 96 valence electrons. The monoisotopic (exact) mass is 228 g/mol. The minimum absolute atomic E-state index is 0.138. The van der Waals surface area contributed by atoms with Crippen LogP contribution >= 0.6 is 0 Å². The lowest BCUT2D eigenvalue weighted by Crippen LogP contribution is -2.52. The summed E-state index contributed by atoms with van der Waals surface area (Å²) >= 11 is 0. The van der Waals surface area contributed by atoms with Crippen LogP contribution in [0.1, 0.15) is 46.0 Å². The van der Waals surface area contributed by atoms with Crippen LogP contribution in [0.15, 0.2) is 0 Å². The minimum atomic E-state index is 0.138. The molecule has 0 saturated carbocycles. The molecule has 1 unspecified atom stereocenters. The van der Waals surface area contributed by atoms with Gasteiger partial charge in [0.1, 0.15) is 0 Å². The summed E-state index contributed by atoms with van der Waals surface area (Å²) < 4.78 is 5.52. The van der Waals surface area contributed by atoms with Gasteiger partial charge in [0.25, 0.3) is 0 Å². The molecule has 1 aliphatic heterocycles. The van der Waals surface area contributed by atoms with Crippen molar-refractivity contribution in [1.82, 2.24) is 5.32 Å². The first-order chi connectivity index (χ1) is 7.76. The molecule has 1 atom stereocenters. The van der Waals surface area contributed by atoms with E-state index >= 15 is 0 Å². The molecule has 0 aromatic carbocycles. The van der Waals surface area contributed by atoms with Crippen LogP contribution in [0.4, 0.5) is 0 Å². The van der Waals surface area contributed by atoms with Crippen molar-refractivity contribution >= 4 is 0 Å². The molecular formula is C13H28N2O. The largest absolute Gasteiger partial charge is 0.381 e. The van der Waals surface area contributed by atoms with Crippen LogP contribution in [0, 0.1) is 5.92 Å². The Bertz CT molecular complexity index is 173. The van der Waals surface area contributed by atoms with Gasteiger partial charge in [-0.25, -0.2) is 0 Å². The maximum Gasteiger partial charge on any atom is 0.0484 e. The van der Waals surface area contributed by atoms with Crippen LogP contribution < -0.4 is 11.1 Å². The third kappa shape index (κ3) is 4.04. The van der Waals surface area contributed by atoms with E-state index in [9.17, 15) is 0 Å². The second-order valence-electron chi connectivity index (χ2n) is 5.01. The average molecular weight is 228 g/mol. The molecule has 16 heavy (non-hydrogen) atoms. The summed E-state index contributed by atoms with van der Waals surface area (Å²) in [5.41, 5.74) is 6.10. The quantitative estimate of drug-likeness (QED) is 0.730. The standard InChI is InChI=1S/C13H28N2O/c1-3-12(4-2)10-15-13(11-14)6-5-8-16-9-7-13/h12,15H,3-11,14H2,1-2H3. The highest BCUT2D eigenvalue weighted by Crippen LogP contribution is 2.21. The first-order valence-corrected chi connectivity index (χ1v) is 6.79. The summed E-state index contributed by atoms with van der Waals surface area (Å²) in [6.07, 6.45) is 5.85. The smallest absolute Gasteiger partial charge is 0.0484 e. The van der Waals surface area contributed by atoms with Gasteiger partial charge in [0.05, 0.1) is 0 Å². The molecule has 0 aromatic rings. The zero-order valence-corrected chi connectivity index (χ0v) is 10.9. The average Bonchev–Trinajstić information content (AvgIpc) is 2.57. The van der Waals surface area contributed by atoms with Crippen molar-refractivity contribution in [2.75, 3.05) is 26.3 Å². The molecule has 1 heterocycles. The fraction of sp³-hybridized carbons (Fsp3) is 1.00. The Balaban J connectivity index is 2.44. The molecule has 1 aliphatic rings. The number of nitrogens with one attached hydrogen (secondary N) is 1. The van der Waals surface area contributed by atoms with Crippen molar-refractivity contribution in [3.63, 3.8) is 0 Å². The Hall–Kier alpha value is -0.120. The molecule has 0 spiro atoms. The van der Waals surface area contributed by atoms with Crippen LogP contribution in [0.3, 0.4) is 0 Å². The molecule has 0 aromatic heterocycles. The van der Waals surface area contributed by atoms with Gasteiger partial charge in [-0.1, -0.05) is 26.7 Å². The van der Waals surface area contributed by atoms with Gasteiger partial charge in [-0.05, 0) is 31.7 Å². The molecule has 1 saturated heterocycles. The van der Waals surface area contributed by atoms with Crippen molar-refractivity contribution in [3.8, 4) is 0 Å². The molecule has 1 rings (SSSR count). The zero-order chi connectivity index (χ0) is 11.9. The third-order valence-corrected chi connectivity index (χ3v) is 3.98. The zero-order valence-electron chi connectivity index (χ0n) is 10.9. The number of ether oxygens (including phenoxy) is 1. The van der Waals surface area contributed by atoms with E-state index < -0.39 is 0 Å². The second kappa shape index (κ2) is 7.25. The highest BCUT2D eigenvalue weighted by Gasteiger charge is 2.29. The molecule has 0 amide bonds. The van der Waals surface area contributed by atoms with Gasteiger partial charge in [-0.2, -0.15) is 0 Å². The van der Waals surface area contributed by atoms with Crippen LogP contribution in [-0.2, 0) is 4.74 Å². The van der Waals surface area contributed by atoms with Gasteiger partial charge in [0, 0.05) is 25.3 Å². The van der Waals surface area contributed by atoms with Crippen LogP contribution in [0.2, 0.25) is 0 Å². The molecule has 1 fully saturated rings. The first-order valence-electron chi connectivity index (χ1n) is 6.79. The van der Waals surface area contributed by atoms with Crippen molar-refractivity contribution in [2.45, 2.75) is 51.5 Å². The van der Waals surface area contributed by atoms with Gasteiger partial charge < -0.3 is 15.8 Å². The number of hydrogen-bond acceptors (Lipinski definition) is 3. The Labute approximate surface area is 100 Å². The molecule has 3 N–H and O–H groups in total. The maximum atomic E-state index is 5.96. The summed E-state index contributed by atoms with van der Waals surface area (Å²) in [6, 6.07) is 0. The lowest BCUT2D eigenvalue weighted by molar-refractivity contribution is 0.136. The van der Waals surface area contributed by atoms with E-state index in [4.69, 9.17) is 10.5 Å². The van der Waals surface area contributed by atoms with Crippen molar-refractivity contribution in [1.29, 1.82) is 0 Å². The SMILES string of the molecule is CCC(CC)CNC1(CN)CCCOCC1. The molecule has 0 aliphatic carbocycles. The predicted molar refractivity (Wildman–Crippen MR) is 68.5 cm³/mol. The Morgan fingerprint density at radius 1 is 1.25 bits per heavy atom. The summed E-state index contributed by atoms with van der Waals surface area (Å²) in [6.45, 7) is 8.12. The van der Waals surface area contributed by atoms with E-state index in [0.29, 0.717) is 0 Å². The van der Waals surface area contributed by atoms with Gasteiger partial charge in [-0.15, -0.1) is 0 Å². The van der Waals surface area contributed by atoms with E-state index in [1.54, 1.807) is 0 Å². The molecule has 3 nitrogen and oxygen atoms in total. The normalized spacial score (nSPS) is 27.0. The van der Waals surface area contributed by atoms with Crippen molar-refractivity contribution in [2.24, 2.45) is 11.7 Å². The van der Waals surface area contributed by atoms with E-state index in [-0.39, 0.29) is 5.54 Å². The second-order valence-corrected chi connectivity index (χ2v) is 5.01. The maximum absolute atomic E-state index is 5.96. The van der Waals surface area contributed by atoms with Gasteiger partial charge >= 0.3 is 0 Å². The summed E-state index contributed by atoms with van der Waals surface area (Å²) in [5.74, 6) is 0.785. The van der Waals surface area contributed by atoms with Gasteiger partial charge in [0.2, 0.25) is 0 Å². The Kier molecular flexibility index (Phi) is 6.32. The van der Waals surface area contributed by atoms with Crippen LogP contribution in [0.5, 0.6) is 0 Å². The fourth-order valence-electron chi connectivity index (χ4n) is 2.40. The lowest BCUT2D eigenvalue weighted by Gasteiger charge is -2.34. The van der Waals surface area contributed by atoms with Crippen molar-refractivity contribution in [3.05, 3.63) is 0 Å². The number of hydrogen-bond donors (Lipinski definition) is 2. The molecule has 3 heteroatoms. The predicted octanol–water partition coefficient (Wildman–Crippen LogP) is 1.91. The lowest BCUT2D eigenvalue weighted by atomic mass is 9.89. The molecule has 0 radical (unpaired) electrons. The summed E-state index contributed by atoms with van der Waals surface area (Å²) in [5, 5.41) is 3.72. The van der Waals surface area contributed by atoms with E-state index in [2.05, 4.69) is 19.2 Å². The fourth-order valence-corrected chi connectivity index (χ4v) is 2.40. The molecular weight excluding hydrogens is 200 g/mol. The topological polar surface area (TPSA) is 47.3 Å².